The molecule has 0 saturated heterocycles. The summed E-state index contributed by atoms with van der Waals surface area (Å²) in [5, 5.41) is 0. The van der Waals surface area contributed by atoms with E-state index in [-0.39, 0.29) is 0 Å². The molecule has 0 aromatic rings. The molecule has 8 heavy (non-hydrogen) atoms. The maximum absolute atomic E-state index is 4.20. The second-order valence-corrected chi connectivity index (χ2v) is 2.07. The molecule has 0 fully saturated rings. The summed E-state index contributed by atoms with van der Waals surface area (Å²) in [4.78, 5) is 8.21. The molecule has 2 nitrogen and oxygen atoms in total. The second kappa shape index (κ2) is 2.07. The minimum atomic E-state index is 0.451. The lowest BCUT2D eigenvalue weighted by Crippen LogP contribution is -2.07. The van der Waals surface area contributed by atoms with Gasteiger partial charge >= 0.3 is 0 Å². The monoisotopic (exact) mass is 110 g/mol. The molecule has 1 unspecified atom stereocenters. The quantitative estimate of drug-likeness (QED) is 0.448. The minimum Gasteiger partial charge on any atom is -0.267 e. The van der Waals surface area contributed by atoms with Crippen molar-refractivity contribution in [1.29, 1.82) is 0 Å². The van der Waals surface area contributed by atoms with Crippen molar-refractivity contribution in [3.8, 4) is 0 Å². The summed E-state index contributed by atoms with van der Waals surface area (Å²) in [5.74, 6) is 0.906. The lowest BCUT2D eigenvalue weighted by molar-refractivity contribution is 0.776. The van der Waals surface area contributed by atoms with E-state index >= 15 is 0 Å². The van der Waals surface area contributed by atoms with Crippen molar-refractivity contribution in [3.63, 3.8) is 0 Å². The molecule has 1 aliphatic heterocycles. The van der Waals surface area contributed by atoms with E-state index in [1.807, 2.05) is 13.1 Å². The first-order valence-corrected chi connectivity index (χ1v) is 2.86. The van der Waals surface area contributed by atoms with Crippen molar-refractivity contribution in [2.75, 3.05) is 0 Å². The molecule has 0 spiro atoms. The highest BCUT2D eigenvalue weighted by Gasteiger charge is 2.00. The number of nitrogens with zero attached hydrogens (tertiary/aromatic N) is 2. The third kappa shape index (κ3) is 1.15. The number of aliphatic imine (C=N–C) groups is 2. The van der Waals surface area contributed by atoms with Gasteiger partial charge in [-0.05, 0) is 13.8 Å². The third-order valence-electron chi connectivity index (χ3n) is 1.13. The number of hydrogen-bond donors (Lipinski definition) is 0. The molecule has 0 bridgehead atoms. The van der Waals surface area contributed by atoms with Crippen molar-refractivity contribution in [3.05, 3.63) is 0 Å². The van der Waals surface area contributed by atoms with E-state index in [0.29, 0.717) is 6.04 Å². The van der Waals surface area contributed by atoms with E-state index in [4.69, 9.17) is 0 Å². The predicted octanol–water partition coefficient (Wildman–Crippen LogP) is 1.27. The van der Waals surface area contributed by atoms with Gasteiger partial charge in [-0.15, -0.1) is 0 Å². The van der Waals surface area contributed by atoms with E-state index in [1.54, 1.807) is 0 Å². The van der Waals surface area contributed by atoms with Crippen molar-refractivity contribution < 1.29 is 0 Å². The summed E-state index contributed by atoms with van der Waals surface area (Å²) in [6.45, 7) is 4.01. The molecule has 2 heteroatoms. The van der Waals surface area contributed by atoms with Gasteiger partial charge in [-0.3, -0.25) is 4.99 Å². The highest BCUT2D eigenvalue weighted by Crippen LogP contribution is 2.00. The van der Waals surface area contributed by atoms with Crippen molar-refractivity contribution in [2.24, 2.45) is 9.98 Å². The maximum Gasteiger partial charge on any atom is 0.119 e. The Labute approximate surface area is 49.3 Å². The molecule has 1 heterocycles. The zero-order chi connectivity index (χ0) is 5.98. The van der Waals surface area contributed by atoms with Crippen LogP contribution < -0.4 is 0 Å². The summed E-state index contributed by atoms with van der Waals surface area (Å²) in [5.41, 5.74) is 0. The van der Waals surface area contributed by atoms with Gasteiger partial charge in [0.15, 0.2) is 0 Å². The molecule has 0 N–H and O–H groups in total. The molecule has 0 aliphatic carbocycles. The van der Waals surface area contributed by atoms with E-state index < -0.39 is 0 Å². The Balaban J connectivity index is 2.63. The second-order valence-electron chi connectivity index (χ2n) is 2.07. The molecule has 44 valence electrons. The fourth-order valence-electron chi connectivity index (χ4n) is 0.742. The lowest BCUT2D eigenvalue weighted by Gasteiger charge is -2.06. The van der Waals surface area contributed by atoms with Crippen molar-refractivity contribution in [1.82, 2.24) is 0 Å². The first-order valence-electron chi connectivity index (χ1n) is 2.86. The highest BCUT2D eigenvalue weighted by molar-refractivity contribution is 5.89. The zero-order valence-electron chi connectivity index (χ0n) is 5.26. The van der Waals surface area contributed by atoms with Gasteiger partial charge in [-0.2, -0.15) is 0 Å². The summed E-state index contributed by atoms with van der Waals surface area (Å²) in [6, 6.07) is 0.451. The molecule has 0 amide bonds. The van der Waals surface area contributed by atoms with Crippen LogP contribution in [0.5, 0.6) is 0 Å². The van der Waals surface area contributed by atoms with Gasteiger partial charge in [0, 0.05) is 12.6 Å². The summed E-state index contributed by atoms with van der Waals surface area (Å²) < 4.78 is 0. The van der Waals surface area contributed by atoms with Gasteiger partial charge in [0.1, 0.15) is 5.84 Å². The SMILES string of the molecule is CC1=NC(C)CC=N1. The van der Waals surface area contributed by atoms with E-state index in [0.717, 1.165) is 12.3 Å². The van der Waals surface area contributed by atoms with Crippen LogP contribution in [0, 0.1) is 0 Å². The van der Waals surface area contributed by atoms with Crippen LogP contribution in [0.2, 0.25) is 0 Å². The molecule has 1 atom stereocenters. The molecule has 1 aliphatic rings. The zero-order valence-corrected chi connectivity index (χ0v) is 5.26. The van der Waals surface area contributed by atoms with Crippen molar-refractivity contribution >= 4 is 12.1 Å². The number of hydrogen-bond acceptors (Lipinski definition) is 2. The first kappa shape index (κ1) is 5.48. The Hall–Kier alpha value is -0.660. The van der Waals surface area contributed by atoms with Gasteiger partial charge < -0.3 is 0 Å². The molecule has 1 rings (SSSR count). The molecular weight excluding hydrogens is 100 g/mol. The molecule has 0 aromatic heterocycles. The molecule has 0 saturated carbocycles. The smallest absolute Gasteiger partial charge is 0.119 e. The summed E-state index contributed by atoms with van der Waals surface area (Å²) in [7, 11) is 0. The van der Waals surface area contributed by atoms with Gasteiger partial charge in [-0.25, -0.2) is 4.99 Å². The van der Waals surface area contributed by atoms with Crippen LogP contribution >= 0.6 is 0 Å². The van der Waals surface area contributed by atoms with E-state index in [9.17, 15) is 0 Å². The molecular formula is C6H10N2. The Morgan fingerprint density at radius 1 is 1.75 bits per heavy atom. The Kier molecular flexibility index (Phi) is 1.42. The largest absolute Gasteiger partial charge is 0.267 e. The Morgan fingerprint density at radius 2 is 2.50 bits per heavy atom. The number of rotatable bonds is 0. The first-order chi connectivity index (χ1) is 3.79. The fourth-order valence-corrected chi connectivity index (χ4v) is 0.742. The average molecular weight is 110 g/mol. The van der Waals surface area contributed by atoms with Crippen LogP contribution in [-0.2, 0) is 0 Å². The number of amidine groups is 1. The lowest BCUT2D eigenvalue weighted by atomic mass is 10.2. The Bertz CT molecular complexity index is 135. The fraction of sp³-hybridized carbons (Fsp3) is 0.667. The molecule has 0 radical (unpaired) electrons. The van der Waals surface area contributed by atoms with Crippen LogP contribution in [-0.4, -0.2) is 18.1 Å². The standard InChI is InChI=1S/C6H10N2/c1-5-3-4-7-6(2)8-5/h4-5H,3H2,1-2H3. The molecule has 0 aromatic carbocycles. The van der Waals surface area contributed by atoms with Crippen LogP contribution in [0.25, 0.3) is 0 Å². The minimum absolute atomic E-state index is 0.451. The summed E-state index contributed by atoms with van der Waals surface area (Å²) in [6.07, 6.45) is 2.92. The topological polar surface area (TPSA) is 24.7 Å². The van der Waals surface area contributed by atoms with Gasteiger partial charge in [0.05, 0.1) is 6.04 Å². The van der Waals surface area contributed by atoms with Crippen molar-refractivity contribution in [2.45, 2.75) is 26.3 Å². The maximum atomic E-state index is 4.20. The van der Waals surface area contributed by atoms with Gasteiger partial charge in [0.25, 0.3) is 0 Å². The Morgan fingerprint density at radius 3 is 2.88 bits per heavy atom. The van der Waals surface area contributed by atoms with Crippen LogP contribution in [0.4, 0.5) is 0 Å². The average Bonchev–Trinajstić information content (AvgIpc) is 1.64. The third-order valence-corrected chi connectivity index (χ3v) is 1.13. The van der Waals surface area contributed by atoms with E-state index in [2.05, 4.69) is 16.9 Å². The van der Waals surface area contributed by atoms with E-state index in [1.165, 1.54) is 0 Å². The highest BCUT2D eigenvalue weighted by atomic mass is 14.9. The predicted molar refractivity (Wildman–Crippen MR) is 35.7 cm³/mol. The van der Waals surface area contributed by atoms with Gasteiger partial charge in [-0.1, -0.05) is 0 Å². The van der Waals surface area contributed by atoms with Crippen LogP contribution in [0.1, 0.15) is 20.3 Å². The van der Waals surface area contributed by atoms with Crippen LogP contribution in [0.3, 0.4) is 0 Å². The normalized spacial score (nSPS) is 27.8. The van der Waals surface area contributed by atoms with Gasteiger partial charge in [0.2, 0.25) is 0 Å². The summed E-state index contributed by atoms with van der Waals surface area (Å²) >= 11 is 0. The van der Waals surface area contributed by atoms with Crippen LogP contribution in [0.15, 0.2) is 9.98 Å².